The van der Waals surface area contributed by atoms with Crippen LogP contribution in [0.1, 0.15) is 15.9 Å². The highest BCUT2D eigenvalue weighted by Gasteiger charge is 2.14. The average molecular weight is 394 g/mol. The van der Waals surface area contributed by atoms with E-state index in [1.807, 2.05) is 0 Å². The van der Waals surface area contributed by atoms with E-state index in [2.05, 4.69) is 26.0 Å². The number of halogens is 1. The summed E-state index contributed by atoms with van der Waals surface area (Å²) in [6.07, 6.45) is 0. The van der Waals surface area contributed by atoms with Crippen molar-refractivity contribution in [1.29, 1.82) is 0 Å². The molecule has 0 fully saturated rings. The molecule has 0 aliphatic rings. The van der Waals surface area contributed by atoms with E-state index in [1.54, 1.807) is 42.5 Å². The number of methoxy groups -OCH3 is 1. The number of esters is 1. The molecule has 126 valence electrons. The second kappa shape index (κ2) is 8.47. The maximum atomic E-state index is 12.1. The molecule has 24 heavy (non-hydrogen) atoms. The number of hydrogen-bond acceptors (Lipinski definition) is 5. The van der Waals surface area contributed by atoms with Crippen molar-refractivity contribution < 1.29 is 24.2 Å². The number of nitrogens with one attached hydrogen (secondary N) is 1. The number of ether oxygens (including phenoxy) is 2. The zero-order chi connectivity index (χ0) is 17.5. The molecule has 0 radical (unpaired) electrons. The van der Waals surface area contributed by atoms with Crippen LogP contribution in [0.15, 0.2) is 46.9 Å². The van der Waals surface area contributed by atoms with Crippen molar-refractivity contribution in [1.82, 2.24) is 0 Å². The number of para-hydroxylation sites is 1. The molecule has 0 spiro atoms. The normalized spacial score (nSPS) is 10.1. The van der Waals surface area contributed by atoms with Crippen molar-refractivity contribution in [2.24, 2.45) is 0 Å². The fraction of sp³-hybridized carbons (Fsp3) is 0.176. The first-order valence-electron chi connectivity index (χ1n) is 7.04. The van der Waals surface area contributed by atoms with Crippen LogP contribution >= 0.6 is 15.9 Å². The maximum absolute atomic E-state index is 12.1. The first-order valence-corrected chi connectivity index (χ1v) is 7.83. The summed E-state index contributed by atoms with van der Waals surface area (Å²) in [4.78, 5) is 23.7. The van der Waals surface area contributed by atoms with E-state index in [-0.39, 0.29) is 18.8 Å². The summed E-state index contributed by atoms with van der Waals surface area (Å²) in [6, 6.07) is 11.6. The molecule has 6 nitrogen and oxygen atoms in total. The van der Waals surface area contributed by atoms with Gasteiger partial charge < -0.3 is 19.9 Å². The lowest BCUT2D eigenvalue weighted by Gasteiger charge is -2.12. The molecule has 2 rings (SSSR count). The van der Waals surface area contributed by atoms with Gasteiger partial charge in [-0.3, -0.25) is 4.79 Å². The third-order valence-corrected chi connectivity index (χ3v) is 3.65. The molecule has 0 saturated heterocycles. The molecule has 2 aromatic carbocycles. The average Bonchev–Trinajstić information content (AvgIpc) is 2.60. The van der Waals surface area contributed by atoms with Crippen molar-refractivity contribution in [3.05, 3.63) is 58.1 Å². The van der Waals surface area contributed by atoms with E-state index < -0.39 is 11.9 Å². The van der Waals surface area contributed by atoms with Crippen LogP contribution in [-0.2, 0) is 16.1 Å². The van der Waals surface area contributed by atoms with E-state index in [0.717, 1.165) is 4.47 Å². The van der Waals surface area contributed by atoms with Gasteiger partial charge in [0.25, 0.3) is 5.91 Å². The summed E-state index contributed by atoms with van der Waals surface area (Å²) in [7, 11) is 1.27. The van der Waals surface area contributed by atoms with Crippen molar-refractivity contribution in [3.63, 3.8) is 0 Å². The van der Waals surface area contributed by atoms with Crippen LogP contribution in [0.2, 0.25) is 0 Å². The highest BCUT2D eigenvalue weighted by atomic mass is 79.9. The second-order valence-electron chi connectivity index (χ2n) is 4.78. The Labute approximate surface area is 147 Å². The summed E-state index contributed by atoms with van der Waals surface area (Å²) in [6.45, 7) is -0.467. The molecule has 0 aliphatic carbocycles. The van der Waals surface area contributed by atoms with Crippen LogP contribution in [-0.4, -0.2) is 30.7 Å². The molecular formula is C17H16BrNO5. The Hall–Kier alpha value is -2.38. The lowest BCUT2D eigenvalue weighted by molar-refractivity contribution is -0.118. The third kappa shape index (κ3) is 4.56. The smallest absolute Gasteiger partial charge is 0.339 e. The predicted octanol–water partition coefficient (Wildman–Crippen LogP) is 2.75. The van der Waals surface area contributed by atoms with E-state index in [1.165, 1.54) is 7.11 Å². The van der Waals surface area contributed by atoms with Crippen molar-refractivity contribution in [2.45, 2.75) is 6.61 Å². The minimum atomic E-state index is -0.540. The summed E-state index contributed by atoms with van der Waals surface area (Å²) in [5.41, 5.74) is 1.16. The molecular weight excluding hydrogens is 378 g/mol. The molecule has 0 heterocycles. The lowest BCUT2D eigenvalue weighted by Crippen LogP contribution is -2.22. The van der Waals surface area contributed by atoms with Gasteiger partial charge in [-0.15, -0.1) is 0 Å². The predicted molar refractivity (Wildman–Crippen MR) is 92.0 cm³/mol. The molecule has 7 heteroatoms. The SMILES string of the molecule is COC(=O)c1ccccc1NC(=O)COc1ccc(Br)cc1CO. The van der Waals surface area contributed by atoms with E-state index in [0.29, 0.717) is 17.0 Å². The zero-order valence-corrected chi connectivity index (χ0v) is 14.5. The largest absolute Gasteiger partial charge is 0.483 e. The van der Waals surface area contributed by atoms with E-state index in [4.69, 9.17) is 4.74 Å². The third-order valence-electron chi connectivity index (χ3n) is 3.16. The first-order chi connectivity index (χ1) is 11.5. The van der Waals surface area contributed by atoms with Crippen molar-refractivity contribution >= 4 is 33.5 Å². The Bertz CT molecular complexity index is 748. The lowest BCUT2D eigenvalue weighted by atomic mass is 10.2. The van der Waals surface area contributed by atoms with Gasteiger partial charge in [0.1, 0.15) is 5.75 Å². The van der Waals surface area contributed by atoms with Gasteiger partial charge in [0.05, 0.1) is 25.0 Å². The number of carbonyl (C=O) groups excluding carboxylic acids is 2. The van der Waals surface area contributed by atoms with Gasteiger partial charge in [-0.1, -0.05) is 28.1 Å². The maximum Gasteiger partial charge on any atom is 0.339 e. The Morgan fingerprint density at radius 3 is 2.67 bits per heavy atom. The van der Waals surface area contributed by atoms with Crippen LogP contribution in [0.25, 0.3) is 0 Å². The molecule has 2 N–H and O–H groups in total. The topological polar surface area (TPSA) is 84.9 Å². The van der Waals surface area contributed by atoms with Gasteiger partial charge in [-0.05, 0) is 30.3 Å². The fourth-order valence-corrected chi connectivity index (χ4v) is 2.43. The number of rotatable bonds is 6. The number of aliphatic hydroxyl groups excluding tert-OH is 1. The summed E-state index contributed by atoms with van der Waals surface area (Å²) < 4.78 is 10.9. The Balaban J connectivity index is 2.03. The van der Waals surface area contributed by atoms with Gasteiger partial charge in [0.2, 0.25) is 0 Å². The summed E-state index contributed by atoms with van der Waals surface area (Å²) >= 11 is 3.30. The molecule has 0 saturated carbocycles. The quantitative estimate of drug-likeness (QED) is 0.737. The molecule has 0 aliphatic heterocycles. The molecule has 0 aromatic heterocycles. The second-order valence-corrected chi connectivity index (χ2v) is 5.70. The van der Waals surface area contributed by atoms with Gasteiger partial charge in [-0.2, -0.15) is 0 Å². The van der Waals surface area contributed by atoms with E-state index >= 15 is 0 Å². The van der Waals surface area contributed by atoms with Crippen LogP contribution in [0.4, 0.5) is 5.69 Å². The summed E-state index contributed by atoms with van der Waals surface area (Å²) in [5.74, 6) is -0.558. The number of carbonyl (C=O) groups is 2. The first kappa shape index (κ1) is 18.0. The van der Waals surface area contributed by atoms with E-state index in [9.17, 15) is 14.7 Å². The van der Waals surface area contributed by atoms with Crippen molar-refractivity contribution in [2.75, 3.05) is 19.0 Å². The highest BCUT2D eigenvalue weighted by Crippen LogP contribution is 2.23. The van der Waals surface area contributed by atoms with Gasteiger partial charge in [-0.25, -0.2) is 4.79 Å². The Morgan fingerprint density at radius 1 is 1.21 bits per heavy atom. The molecule has 0 unspecified atom stereocenters. The van der Waals surface area contributed by atoms with Gasteiger partial charge >= 0.3 is 5.97 Å². The summed E-state index contributed by atoms with van der Waals surface area (Å²) in [5, 5.41) is 11.9. The number of hydrogen-bond donors (Lipinski definition) is 2. The minimum Gasteiger partial charge on any atom is -0.483 e. The van der Waals surface area contributed by atoms with Gasteiger partial charge in [0.15, 0.2) is 6.61 Å². The molecule has 0 bridgehead atoms. The molecule has 2 aromatic rings. The van der Waals surface area contributed by atoms with Crippen LogP contribution < -0.4 is 10.1 Å². The Morgan fingerprint density at radius 2 is 1.96 bits per heavy atom. The molecule has 1 amide bonds. The van der Waals surface area contributed by atoms with Crippen LogP contribution in [0.3, 0.4) is 0 Å². The monoisotopic (exact) mass is 393 g/mol. The highest BCUT2D eigenvalue weighted by molar-refractivity contribution is 9.10. The number of benzene rings is 2. The fourth-order valence-electron chi connectivity index (χ4n) is 2.02. The standard InChI is InChI=1S/C17H16BrNO5/c1-23-17(22)13-4-2-3-5-14(13)19-16(21)10-24-15-7-6-12(18)8-11(15)9-20/h2-8,20H,9-10H2,1H3,(H,19,21). The number of amides is 1. The van der Waals surface area contributed by atoms with Crippen LogP contribution in [0.5, 0.6) is 5.75 Å². The zero-order valence-electron chi connectivity index (χ0n) is 12.9. The number of anilines is 1. The molecule has 0 atom stereocenters. The Kier molecular flexibility index (Phi) is 6.34. The minimum absolute atomic E-state index is 0.207. The number of aliphatic hydroxyl groups is 1. The van der Waals surface area contributed by atoms with Gasteiger partial charge in [0, 0.05) is 10.0 Å². The van der Waals surface area contributed by atoms with Crippen molar-refractivity contribution in [3.8, 4) is 5.75 Å². The van der Waals surface area contributed by atoms with Crippen LogP contribution in [0, 0.1) is 0 Å².